The maximum atomic E-state index is 5.32. The molecule has 0 saturated carbocycles. The molecule has 3 heteroatoms. The molecule has 0 aliphatic carbocycles. The van der Waals surface area contributed by atoms with Crippen molar-refractivity contribution >= 4 is 17.3 Å². The first-order valence-electron chi connectivity index (χ1n) is 6.63. The lowest BCUT2D eigenvalue weighted by Gasteiger charge is -2.20. The molecule has 0 radical (unpaired) electrons. The second-order valence-corrected chi connectivity index (χ2v) is 5.53. The molecule has 2 N–H and O–H groups in total. The number of hydrogen-bond donors (Lipinski definition) is 2. The summed E-state index contributed by atoms with van der Waals surface area (Å²) in [6.45, 7) is 9.53. The van der Waals surface area contributed by atoms with E-state index in [0.29, 0.717) is 5.92 Å². The summed E-state index contributed by atoms with van der Waals surface area (Å²) >= 11 is 5.32. The molecule has 100 valence electrons. The molecular weight excluding hydrogens is 240 g/mol. The molecule has 1 unspecified atom stereocenters. The van der Waals surface area contributed by atoms with Crippen molar-refractivity contribution in [3.05, 3.63) is 35.4 Å². The summed E-state index contributed by atoms with van der Waals surface area (Å²) in [5.41, 5.74) is 2.57. The summed E-state index contributed by atoms with van der Waals surface area (Å²) in [5.74, 6) is 0.601. The van der Waals surface area contributed by atoms with Gasteiger partial charge in [0.15, 0.2) is 5.11 Å². The van der Waals surface area contributed by atoms with Gasteiger partial charge in [0.05, 0.1) is 6.04 Å². The predicted octanol–water partition coefficient (Wildman–Crippen LogP) is 3.57. The van der Waals surface area contributed by atoms with Crippen molar-refractivity contribution in [3.8, 4) is 0 Å². The van der Waals surface area contributed by atoms with Crippen LogP contribution in [0, 0.1) is 12.8 Å². The SMILES string of the molecule is CCC(NC(=S)NCC(C)C)c1ccc(C)cc1. The highest BCUT2D eigenvalue weighted by Gasteiger charge is 2.10. The van der Waals surface area contributed by atoms with Crippen molar-refractivity contribution in [3.63, 3.8) is 0 Å². The molecule has 0 aliphatic rings. The molecular formula is C15H24N2S. The van der Waals surface area contributed by atoms with Gasteiger partial charge in [-0.05, 0) is 37.0 Å². The molecule has 0 saturated heterocycles. The highest BCUT2D eigenvalue weighted by Crippen LogP contribution is 2.16. The summed E-state index contributed by atoms with van der Waals surface area (Å²) in [4.78, 5) is 0. The minimum absolute atomic E-state index is 0.290. The smallest absolute Gasteiger partial charge is 0.166 e. The van der Waals surface area contributed by atoms with Crippen LogP contribution in [0.1, 0.15) is 44.4 Å². The van der Waals surface area contributed by atoms with Crippen molar-refractivity contribution in [1.29, 1.82) is 0 Å². The Balaban J connectivity index is 2.56. The van der Waals surface area contributed by atoms with Crippen LogP contribution in [0.15, 0.2) is 24.3 Å². The lowest BCUT2D eigenvalue weighted by atomic mass is 10.0. The van der Waals surface area contributed by atoms with E-state index in [1.165, 1.54) is 11.1 Å². The van der Waals surface area contributed by atoms with Gasteiger partial charge in [-0.15, -0.1) is 0 Å². The van der Waals surface area contributed by atoms with E-state index in [4.69, 9.17) is 12.2 Å². The fourth-order valence-corrected chi connectivity index (χ4v) is 1.95. The van der Waals surface area contributed by atoms with Crippen molar-refractivity contribution in [2.75, 3.05) is 6.54 Å². The van der Waals surface area contributed by atoms with Crippen LogP contribution >= 0.6 is 12.2 Å². The van der Waals surface area contributed by atoms with Gasteiger partial charge in [0.1, 0.15) is 0 Å². The van der Waals surface area contributed by atoms with E-state index in [9.17, 15) is 0 Å². The second-order valence-electron chi connectivity index (χ2n) is 5.12. The normalized spacial score (nSPS) is 12.3. The average Bonchev–Trinajstić information content (AvgIpc) is 2.34. The minimum Gasteiger partial charge on any atom is -0.362 e. The maximum absolute atomic E-state index is 5.32. The van der Waals surface area contributed by atoms with Crippen LogP contribution in [0.3, 0.4) is 0 Å². The minimum atomic E-state index is 0.290. The largest absolute Gasteiger partial charge is 0.362 e. The quantitative estimate of drug-likeness (QED) is 0.795. The van der Waals surface area contributed by atoms with E-state index < -0.39 is 0 Å². The van der Waals surface area contributed by atoms with Crippen LogP contribution in [-0.2, 0) is 0 Å². The first-order valence-corrected chi connectivity index (χ1v) is 7.04. The van der Waals surface area contributed by atoms with Gasteiger partial charge >= 0.3 is 0 Å². The van der Waals surface area contributed by atoms with Gasteiger partial charge in [0.25, 0.3) is 0 Å². The number of hydrogen-bond acceptors (Lipinski definition) is 1. The lowest BCUT2D eigenvalue weighted by Crippen LogP contribution is -2.39. The Hall–Kier alpha value is -1.09. The highest BCUT2D eigenvalue weighted by atomic mass is 32.1. The monoisotopic (exact) mass is 264 g/mol. The fraction of sp³-hybridized carbons (Fsp3) is 0.533. The van der Waals surface area contributed by atoms with Gasteiger partial charge in [-0.25, -0.2) is 0 Å². The Morgan fingerprint density at radius 1 is 1.22 bits per heavy atom. The second kappa shape index (κ2) is 7.37. The Kier molecular flexibility index (Phi) is 6.13. The van der Waals surface area contributed by atoms with Gasteiger partial charge in [0, 0.05) is 6.54 Å². The summed E-state index contributed by atoms with van der Waals surface area (Å²) in [5, 5.41) is 7.37. The molecule has 0 aliphatic heterocycles. The molecule has 2 nitrogen and oxygen atoms in total. The van der Waals surface area contributed by atoms with E-state index >= 15 is 0 Å². The van der Waals surface area contributed by atoms with E-state index in [2.05, 4.69) is 62.6 Å². The standard InChI is InChI=1S/C15H24N2S/c1-5-14(13-8-6-12(4)7-9-13)17-15(18)16-10-11(2)3/h6-9,11,14H,5,10H2,1-4H3,(H2,16,17,18). The Labute approximate surface area is 116 Å². The van der Waals surface area contributed by atoms with Gasteiger partial charge in [-0.1, -0.05) is 50.6 Å². The zero-order valence-electron chi connectivity index (χ0n) is 11.8. The molecule has 1 atom stereocenters. The Bertz CT molecular complexity index is 371. The topological polar surface area (TPSA) is 24.1 Å². The third-order valence-electron chi connectivity index (χ3n) is 2.86. The number of rotatable bonds is 5. The molecule has 0 fully saturated rings. The van der Waals surface area contributed by atoms with E-state index in [1.807, 2.05) is 0 Å². The number of nitrogens with one attached hydrogen (secondary N) is 2. The first kappa shape index (κ1) is 15.0. The summed E-state index contributed by atoms with van der Waals surface area (Å²) in [7, 11) is 0. The maximum Gasteiger partial charge on any atom is 0.166 e. The van der Waals surface area contributed by atoms with Gasteiger partial charge < -0.3 is 10.6 Å². The highest BCUT2D eigenvalue weighted by molar-refractivity contribution is 7.80. The van der Waals surface area contributed by atoms with Crippen molar-refractivity contribution in [2.24, 2.45) is 5.92 Å². The number of aryl methyl sites for hydroxylation is 1. The molecule has 1 aromatic rings. The third kappa shape index (κ3) is 5.05. The number of thiocarbonyl (C=S) groups is 1. The molecule has 18 heavy (non-hydrogen) atoms. The van der Waals surface area contributed by atoms with Crippen LogP contribution in [0.25, 0.3) is 0 Å². The van der Waals surface area contributed by atoms with Crippen LogP contribution in [0.5, 0.6) is 0 Å². The molecule has 0 spiro atoms. The fourth-order valence-electron chi connectivity index (χ4n) is 1.73. The zero-order valence-corrected chi connectivity index (χ0v) is 12.6. The predicted molar refractivity (Wildman–Crippen MR) is 82.8 cm³/mol. The molecule has 1 rings (SSSR count). The summed E-state index contributed by atoms with van der Waals surface area (Å²) in [6.07, 6.45) is 1.02. The van der Waals surface area contributed by atoms with E-state index in [0.717, 1.165) is 18.1 Å². The van der Waals surface area contributed by atoms with Crippen LogP contribution < -0.4 is 10.6 Å². The third-order valence-corrected chi connectivity index (χ3v) is 3.13. The molecule has 0 aromatic heterocycles. The summed E-state index contributed by atoms with van der Waals surface area (Å²) < 4.78 is 0. The van der Waals surface area contributed by atoms with E-state index in [-0.39, 0.29) is 6.04 Å². The van der Waals surface area contributed by atoms with E-state index in [1.54, 1.807) is 0 Å². The molecule has 1 aromatic carbocycles. The molecule has 0 bridgehead atoms. The summed E-state index contributed by atoms with van der Waals surface area (Å²) in [6, 6.07) is 8.91. The van der Waals surface area contributed by atoms with Gasteiger partial charge in [-0.3, -0.25) is 0 Å². The zero-order chi connectivity index (χ0) is 13.5. The van der Waals surface area contributed by atoms with Gasteiger partial charge in [0.2, 0.25) is 0 Å². The molecule has 0 amide bonds. The Morgan fingerprint density at radius 2 is 1.83 bits per heavy atom. The van der Waals surface area contributed by atoms with Crippen molar-refractivity contribution in [1.82, 2.24) is 10.6 Å². The van der Waals surface area contributed by atoms with Crippen molar-refractivity contribution < 1.29 is 0 Å². The van der Waals surface area contributed by atoms with Crippen LogP contribution in [0.4, 0.5) is 0 Å². The number of benzene rings is 1. The Morgan fingerprint density at radius 3 is 2.33 bits per heavy atom. The van der Waals surface area contributed by atoms with Crippen LogP contribution in [-0.4, -0.2) is 11.7 Å². The van der Waals surface area contributed by atoms with Gasteiger partial charge in [-0.2, -0.15) is 0 Å². The van der Waals surface area contributed by atoms with Crippen LogP contribution in [0.2, 0.25) is 0 Å². The molecule has 0 heterocycles. The first-order chi connectivity index (χ1) is 8.52. The lowest BCUT2D eigenvalue weighted by molar-refractivity contribution is 0.587. The van der Waals surface area contributed by atoms with Crippen molar-refractivity contribution in [2.45, 2.75) is 40.2 Å². The average molecular weight is 264 g/mol.